The van der Waals surface area contributed by atoms with Crippen LogP contribution in [0.1, 0.15) is 5.82 Å². The summed E-state index contributed by atoms with van der Waals surface area (Å²) in [6, 6.07) is 9.43. The molecule has 112 valence electrons. The molecule has 0 aliphatic carbocycles. The minimum Gasteiger partial charge on any atom is -0.273 e. The van der Waals surface area contributed by atoms with Gasteiger partial charge in [0.25, 0.3) is 0 Å². The zero-order valence-corrected chi connectivity index (χ0v) is 14.1. The maximum absolute atomic E-state index is 5.96. The number of benzene rings is 1. The van der Waals surface area contributed by atoms with E-state index < -0.39 is 0 Å². The monoisotopic (exact) mass is 349 g/mol. The first-order valence-electron chi connectivity index (χ1n) is 6.42. The molecule has 1 aromatic carbocycles. The Morgan fingerprint density at radius 2 is 1.82 bits per heavy atom. The number of hydrogen-bond donors (Lipinski definition) is 0. The predicted molar refractivity (Wildman–Crippen MR) is 89.7 cm³/mol. The molecule has 0 atom stereocenters. The standard InChI is InChI=1S/C14H12ClN5S2/c1-21-14-19-18-12(9-22-13-16-7-2-8-17-13)20(14)11-5-3-10(15)4-6-11/h2-8H,9H2,1H3. The van der Waals surface area contributed by atoms with E-state index in [1.807, 2.05) is 35.1 Å². The molecule has 0 fully saturated rings. The molecular weight excluding hydrogens is 338 g/mol. The second-order valence-electron chi connectivity index (χ2n) is 4.23. The van der Waals surface area contributed by atoms with Crippen molar-refractivity contribution in [1.82, 2.24) is 24.7 Å². The summed E-state index contributed by atoms with van der Waals surface area (Å²) in [6.07, 6.45) is 5.44. The maximum Gasteiger partial charge on any atom is 0.195 e. The smallest absolute Gasteiger partial charge is 0.195 e. The summed E-state index contributed by atoms with van der Waals surface area (Å²) in [7, 11) is 0. The Morgan fingerprint density at radius 3 is 2.50 bits per heavy atom. The fourth-order valence-electron chi connectivity index (χ4n) is 1.86. The molecule has 3 rings (SSSR count). The quantitative estimate of drug-likeness (QED) is 0.517. The fourth-order valence-corrected chi connectivity index (χ4v) is 3.22. The SMILES string of the molecule is CSc1nnc(CSc2ncccn2)n1-c1ccc(Cl)cc1. The lowest BCUT2D eigenvalue weighted by atomic mass is 10.3. The summed E-state index contributed by atoms with van der Waals surface area (Å²) < 4.78 is 2.02. The molecule has 8 heteroatoms. The molecule has 2 aromatic heterocycles. The molecule has 0 radical (unpaired) electrons. The molecule has 0 aliphatic heterocycles. The lowest BCUT2D eigenvalue weighted by molar-refractivity contribution is 0.865. The number of hydrogen-bond acceptors (Lipinski definition) is 6. The van der Waals surface area contributed by atoms with E-state index in [2.05, 4.69) is 20.2 Å². The van der Waals surface area contributed by atoms with Crippen LogP contribution in [0.15, 0.2) is 53.0 Å². The van der Waals surface area contributed by atoms with Crippen LogP contribution in [0.2, 0.25) is 5.02 Å². The van der Waals surface area contributed by atoms with Crippen LogP contribution in [0.4, 0.5) is 0 Å². The first kappa shape index (κ1) is 15.3. The van der Waals surface area contributed by atoms with Crippen molar-refractivity contribution < 1.29 is 0 Å². The zero-order valence-electron chi connectivity index (χ0n) is 11.7. The van der Waals surface area contributed by atoms with Gasteiger partial charge in [-0.05, 0) is 36.6 Å². The van der Waals surface area contributed by atoms with Crippen LogP contribution in [0.25, 0.3) is 5.69 Å². The number of nitrogens with zero attached hydrogens (tertiary/aromatic N) is 5. The normalized spacial score (nSPS) is 10.8. The summed E-state index contributed by atoms with van der Waals surface area (Å²) in [4.78, 5) is 8.41. The molecule has 0 saturated heterocycles. The molecule has 0 spiro atoms. The Kier molecular flexibility index (Phi) is 4.97. The largest absolute Gasteiger partial charge is 0.273 e. The number of aromatic nitrogens is 5. The second kappa shape index (κ2) is 7.13. The number of halogens is 1. The number of rotatable bonds is 5. The Labute approximate surface area is 141 Å². The third-order valence-electron chi connectivity index (χ3n) is 2.84. The second-order valence-corrected chi connectivity index (χ2v) is 6.39. The summed E-state index contributed by atoms with van der Waals surface area (Å²) in [5.74, 6) is 1.49. The molecule has 3 aromatic rings. The maximum atomic E-state index is 5.96. The van der Waals surface area contributed by atoms with Crippen LogP contribution < -0.4 is 0 Å². The van der Waals surface area contributed by atoms with E-state index in [9.17, 15) is 0 Å². The molecule has 0 N–H and O–H groups in total. The Morgan fingerprint density at radius 1 is 1.09 bits per heavy atom. The van der Waals surface area contributed by atoms with E-state index in [1.165, 1.54) is 11.8 Å². The molecule has 0 aliphatic rings. The Balaban J connectivity index is 1.88. The van der Waals surface area contributed by atoms with E-state index in [1.54, 1.807) is 30.2 Å². The van der Waals surface area contributed by atoms with Crippen molar-refractivity contribution in [3.8, 4) is 5.69 Å². The molecule has 5 nitrogen and oxygen atoms in total. The van der Waals surface area contributed by atoms with Gasteiger partial charge in [-0.25, -0.2) is 9.97 Å². The van der Waals surface area contributed by atoms with Crippen LogP contribution in [-0.4, -0.2) is 31.0 Å². The van der Waals surface area contributed by atoms with Gasteiger partial charge in [-0.1, -0.05) is 35.1 Å². The van der Waals surface area contributed by atoms with Crippen LogP contribution in [-0.2, 0) is 5.75 Å². The highest BCUT2D eigenvalue weighted by molar-refractivity contribution is 7.98. The Bertz CT molecular complexity index is 746. The highest BCUT2D eigenvalue weighted by atomic mass is 35.5. The van der Waals surface area contributed by atoms with E-state index in [0.29, 0.717) is 10.8 Å². The van der Waals surface area contributed by atoms with Crippen LogP contribution in [0, 0.1) is 0 Å². The van der Waals surface area contributed by atoms with E-state index in [0.717, 1.165) is 21.8 Å². The van der Waals surface area contributed by atoms with Gasteiger partial charge in [-0.3, -0.25) is 4.57 Å². The highest BCUT2D eigenvalue weighted by Gasteiger charge is 2.14. The first-order chi connectivity index (χ1) is 10.8. The lowest BCUT2D eigenvalue weighted by Gasteiger charge is -2.09. The minimum absolute atomic E-state index is 0.639. The van der Waals surface area contributed by atoms with Gasteiger partial charge >= 0.3 is 0 Å². The van der Waals surface area contributed by atoms with Crippen molar-refractivity contribution in [3.63, 3.8) is 0 Å². The van der Waals surface area contributed by atoms with Gasteiger partial charge in [-0.2, -0.15) is 0 Å². The van der Waals surface area contributed by atoms with E-state index in [4.69, 9.17) is 11.6 Å². The van der Waals surface area contributed by atoms with Gasteiger partial charge < -0.3 is 0 Å². The van der Waals surface area contributed by atoms with Crippen molar-refractivity contribution in [1.29, 1.82) is 0 Å². The number of thioether (sulfide) groups is 2. The van der Waals surface area contributed by atoms with Crippen LogP contribution >= 0.6 is 35.1 Å². The Hall–Kier alpha value is -1.57. The van der Waals surface area contributed by atoms with Crippen molar-refractivity contribution in [2.45, 2.75) is 16.1 Å². The van der Waals surface area contributed by atoms with Gasteiger partial charge in [0.15, 0.2) is 10.3 Å². The molecule has 22 heavy (non-hydrogen) atoms. The van der Waals surface area contributed by atoms with Crippen molar-refractivity contribution in [2.24, 2.45) is 0 Å². The van der Waals surface area contributed by atoms with E-state index >= 15 is 0 Å². The summed E-state index contributed by atoms with van der Waals surface area (Å²) >= 11 is 9.04. The molecule has 2 heterocycles. The van der Waals surface area contributed by atoms with Crippen molar-refractivity contribution in [2.75, 3.05) is 6.26 Å². The first-order valence-corrected chi connectivity index (χ1v) is 9.01. The molecule has 0 unspecified atom stereocenters. The minimum atomic E-state index is 0.639. The average Bonchev–Trinajstić information content (AvgIpc) is 2.97. The predicted octanol–water partition coefficient (Wildman–Crippen LogP) is 3.72. The third-order valence-corrected chi connectivity index (χ3v) is 4.59. The lowest BCUT2D eigenvalue weighted by Crippen LogP contribution is -2.01. The van der Waals surface area contributed by atoms with Gasteiger partial charge in [-0.15, -0.1) is 10.2 Å². The average molecular weight is 350 g/mol. The van der Waals surface area contributed by atoms with Gasteiger partial charge in [0.1, 0.15) is 5.82 Å². The molecular formula is C14H12ClN5S2. The molecule has 0 bridgehead atoms. The van der Waals surface area contributed by atoms with Crippen LogP contribution in [0.5, 0.6) is 0 Å². The third kappa shape index (κ3) is 3.43. The van der Waals surface area contributed by atoms with E-state index in [-0.39, 0.29) is 0 Å². The van der Waals surface area contributed by atoms with Crippen molar-refractivity contribution in [3.05, 3.63) is 53.6 Å². The topological polar surface area (TPSA) is 56.5 Å². The summed E-state index contributed by atoms with van der Waals surface area (Å²) in [5.41, 5.74) is 0.989. The fraction of sp³-hybridized carbons (Fsp3) is 0.143. The summed E-state index contributed by atoms with van der Waals surface area (Å²) in [5, 5.41) is 10.8. The zero-order chi connectivity index (χ0) is 15.4. The van der Waals surface area contributed by atoms with Gasteiger partial charge in [0.05, 0.1) is 5.75 Å². The molecule has 0 saturated carbocycles. The highest BCUT2D eigenvalue weighted by Crippen LogP contribution is 2.25. The van der Waals surface area contributed by atoms with Gasteiger partial charge in [0, 0.05) is 23.1 Å². The summed E-state index contributed by atoms with van der Waals surface area (Å²) in [6.45, 7) is 0. The van der Waals surface area contributed by atoms with Crippen LogP contribution in [0.3, 0.4) is 0 Å². The van der Waals surface area contributed by atoms with Crippen molar-refractivity contribution >= 4 is 35.1 Å². The van der Waals surface area contributed by atoms with Gasteiger partial charge in [0.2, 0.25) is 0 Å². The molecule has 0 amide bonds.